The van der Waals surface area contributed by atoms with Gasteiger partial charge in [0.25, 0.3) is 0 Å². The second-order valence-electron chi connectivity index (χ2n) is 24.3. The van der Waals surface area contributed by atoms with Crippen molar-refractivity contribution in [3.8, 4) is 0 Å². The van der Waals surface area contributed by atoms with Crippen LogP contribution in [0.5, 0.6) is 0 Å². The summed E-state index contributed by atoms with van der Waals surface area (Å²) in [5.41, 5.74) is 4.75. The van der Waals surface area contributed by atoms with Crippen molar-refractivity contribution in [1.82, 2.24) is 43.6 Å². The van der Waals surface area contributed by atoms with Gasteiger partial charge in [-0.2, -0.15) is 0 Å². The van der Waals surface area contributed by atoms with E-state index in [1.54, 1.807) is 103 Å². The fourth-order valence-electron chi connectivity index (χ4n) is 12.6. The molecule has 5 aliphatic heterocycles. The molecule has 5 aliphatic rings. The molecule has 15 atom stereocenters. The molecule has 0 saturated carbocycles. The van der Waals surface area contributed by atoms with Gasteiger partial charge in [-0.05, 0) is 120 Å². The first-order chi connectivity index (χ1) is 44.6. The van der Waals surface area contributed by atoms with Gasteiger partial charge in [0, 0.05) is 33.7 Å². The zero-order valence-corrected chi connectivity index (χ0v) is 56.7. The quantitative estimate of drug-likeness (QED) is 0.0394. The van der Waals surface area contributed by atoms with Crippen LogP contribution in [0, 0.1) is 0 Å². The highest BCUT2D eigenvalue weighted by molar-refractivity contribution is 6.34. The molecule has 0 spiro atoms. The molecule has 11 heterocycles. The summed E-state index contributed by atoms with van der Waals surface area (Å²) in [6.45, 7) is 12.4. The van der Waals surface area contributed by atoms with Gasteiger partial charge in [0.05, 0.1) is 37.5 Å². The minimum atomic E-state index is -1.57. The average Bonchev–Trinajstić information content (AvgIpc) is 1.58. The molecule has 5 saturated heterocycles. The first-order valence-corrected chi connectivity index (χ1v) is 31.1. The van der Waals surface area contributed by atoms with E-state index in [4.69, 9.17) is 89.2 Å². The van der Waals surface area contributed by atoms with Gasteiger partial charge in [0.2, 0.25) is 0 Å². The Kier molecular flexibility index (Phi) is 21.4. The molecule has 6 aromatic heterocycles. The van der Waals surface area contributed by atoms with Gasteiger partial charge < -0.3 is 77.2 Å². The Morgan fingerprint density at radius 2 is 0.779 bits per heavy atom. The fourth-order valence-corrected chi connectivity index (χ4v) is 13.1. The number of nitrogens with zero attached hydrogens (tertiary/aromatic N) is 9. The number of rotatable bonds is 13. The van der Waals surface area contributed by atoms with Crippen LogP contribution in [0.15, 0.2) is 129 Å². The van der Waals surface area contributed by atoms with Crippen molar-refractivity contribution in [3.05, 3.63) is 165 Å². The number of nitrogens with one attached hydrogen (secondary N) is 2. The maximum atomic E-state index is 11.6. The number of aromatic nitrogens is 9. The van der Waals surface area contributed by atoms with Gasteiger partial charge in [0.1, 0.15) is 113 Å². The SMILES string of the molecule is CC1(C)O[C@@H]2[C@H](O1)[C@@H]([C@](C)(O)c1ccc(Cl)cc1)O[C@H]2n1ccc2c(Cl)ncnc21.CON.CONc1ncnc2c1ccn2[C@@H]1O[C@H]([C@](C)(O)c2ccc(Cl)cc2)[C@@H](O)[C@H]1O.CONc1ncnc2c1ccn2[C@@H]1O[C@H]([C@](C)(O)c2ccc(Cl)cc2)[C@H]2OC(C)(C)O[C@H]21.Cl. The maximum Gasteiger partial charge on any atom is 0.164 e. The molecule has 5 fully saturated rings. The third-order valence-corrected chi connectivity index (χ3v) is 18.0. The summed E-state index contributed by atoms with van der Waals surface area (Å²) in [5, 5.41) is 59.7. The van der Waals surface area contributed by atoms with E-state index in [2.05, 4.69) is 51.6 Å². The number of aliphatic hydroxyl groups excluding tert-OH is 2. The first kappa shape index (κ1) is 71.7. The highest BCUT2D eigenvalue weighted by Crippen LogP contribution is 2.51. The predicted octanol–water partition coefficient (Wildman–Crippen LogP) is 8.96. The molecule has 9 N–H and O–H groups in total. The smallest absolute Gasteiger partial charge is 0.164 e. The molecular weight excluding hydrogens is 1340 g/mol. The summed E-state index contributed by atoms with van der Waals surface area (Å²) in [5.74, 6) is 3.70. The van der Waals surface area contributed by atoms with Crippen LogP contribution in [0.25, 0.3) is 33.1 Å². The van der Waals surface area contributed by atoms with Gasteiger partial charge in [0.15, 0.2) is 41.9 Å². The van der Waals surface area contributed by atoms with Crippen molar-refractivity contribution >= 4 is 104 Å². The predicted molar refractivity (Wildman–Crippen MR) is 352 cm³/mol. The molecule has 32 heteroatoms. The monoisotopic (exact) mass is 1410 g/mol. The van der Waals surface area contributed by atoms with Gasteiger partial charge in [-0.15, -0.1) is 12.4 Å². The molecule has 27 nitrogen and oxygen atoms in total. The number of nitrogens with two attached hydrogens (primary N) is 1. The Balaban J connectivity index is 0.000000151. The lowest BCUT2D eigenvalue weighted by Crippen LogP contribution is -2.45. The first-order valence-electron chi connectivity index (χ1n) is 29.5. The van der Waals surface area contributed by atoms with Crippen molar-refractivity contribution < 1.29 is 73.2 Å². The van der Waals surface area contributed by atoms with Crippen LogP contribution in [0.1, 0.15) is 83.8 Å². The van der Waals surface area contributed by atoms with Crippen LogP contribution in [-0.4, -0.2) is 157 Å². The zero-order valence-electron chi connectivity index (χ0n) is 52.9. The number of hydrogen-bond donors (Lipinski definition) is 8. The summed E-state index contributed by atoms with van der Waals surface area (Å²) >= 11 is 24.2. The number of fused-ring (bicyclic) bond motifs is 5. The Hall–Kier alpha value is -6.07. The Bertz CT molecular complexity index is 4090. The molecule has 95 heavy (non-hydrogen) atoms. The Morgan fingerprint density at radius 3 is 1.16 bits per heavy atom. The molecule has 9 aromatic rings. The lowest BCUT2D eigenvalue weighted by atomic mass is 9.87. The minimum absolute atomic E-state index is 0. The van der Waals surface area contributed by atoms with E-state index in [1.807, 2.05) is 61.4 Å². The standard InChI is InChI=1S/C22H25ClN4O5.C21H21Cl2N3O4.C19H21ClN4O5.CH5NO.ClH/c1-21(2)31-15-16(32-21)20(27-10-9-14-18(26-29-4)24-11-25-19(14)27)30-17(15)22(3,28)12-5-7-13(23)8-6-12;1-20(2)29-14-15(30-20)19(26-9-8-13-17(23)24-10-25-18(13)26)28-16(14)21(3,27)11-4-6-12(22)7-5-11;1-19(27,10-3-5-11(20)6-4-10)15-13(25)14(26)18(29-15)24-8-7-12-16(23-28-2)21-9-22-17(12)24;1-3-2;/h5-11,15-17,20,28H,1-4H3,(H,24,25,26);4-10,14-16,19,27H,1-3H3;3-9,13-15,18,25-27H,1-2H3,(H,21,22,23);2H2,1H3;1H/t15-,16+,17-,20+,22+;14-,15+,16-,19+,21+;13-,14+,15-,18+,19+;;/m000../s1. The number of benzene rings is 3. The molecule has 0 amide bonds. The van der Waals surface area contributed by atoms with Crippen molar-refractivity contribution in [2.24, 2.45) is 5.90 Å². The van der Waals surface area contributed by atoms with E-state index < -0.39 is 102 Å². The van der Waals surface area contributed by atoms with Gasteiger partial charge >= 0.3 is 0 Å². The maximum absolute atomic E-state index is 11.6. The summed E-state index contributed by atoms with van der Waals surface area (Å²) in [6, 6.07) is 26.1. The molecule has 0 unspecified atom stereocenters. The summed E-state index contributed by atoms with van der Waals surface area (Å²) < 4.78 is 48.9. The van der Waals surface area contributed by atoms with Crippen LogP contribution in [0.4, 0.5) is 11.6 Å². The Labute approximate surface area is 571 Å². The minimum Gasteiger partial charge on any atom is -0.387 e. The van der Waals surface area contributed by atoms with Gasteiger partial charge in [-0.3, -0.25) is 9.68 Å². The van der Waals surface area contributed by atoms with Crippen molar-refractivity contribution in [2.45, 2.75) is 150 Å². The van der Waals surface area contributed by atoms with E-state index in [9.17, 15) is 25.5 Å². The second-order valence-corrected chi connectivity index (χ2v) is 25.9. The molecule has 0 bridgehead atoms. The number of ether oxygens (including phenoxy) is 7. The van der Waals surface area contributed by atoms with Crippen molar-refractivity contribution in [3.63, 3.8) is 0 Å². The largest absolute Gasteiger partial charge is 0.387 e. The number of halogens is 5. The fraction of sp³-hybridized carbons (Fsp3) is 0.429. The number of hydrogen-bond acceptors (Lipinski definition) is 24. The summed E-state index contributed by atoms with van der Waals surface area (Å²) in [6.07, 6.45) is 0.457. The highest BCUT2D eigenvalue weighted by atomic mass is 35.5. The van der Waals surface area contributed by atoms with E-state index in [1.165, 1.54) is 47.2 Å². The van der Waals surface area contributed by atoms with E-state index >= 15 is 0 Å². The van der Waals surface area contributed by atoms with Gasteiger partial charge in [-0.25, -0.2) is 46.8 Å². The lowest BCUT2D eigenvalue weighted by molar-refractivity contribution is -0.221. The normalized spacial score (nSPS) is 27.3. The Morgan fingerprint density at radius 1 is 0.463 bits per heavy atom. The van der Waals surface area contributed by atoms with Crippen LogP contribution < -0.4 is 16.9 Å². The molecular formula is C63H73Cl5N12O15. The van der Waals surface area contributed by atoms with Crippen molar-refractivity contribution in [1.29, 1.82) is 0 Å². The molecule has 14 rings (SSSR count). The summed E-state index contributed by atoms with van der Waals surface area (Å²) in [7, 11) is 4.39. The van der Waals surface area contributed by atoms with E-state index in [-0.39, 0.29) is 12.4 Å². The van der Waals surface area contributed by atoms with Crippen LogP contribution >= 0.6 is 58.8 Å². The third kappa shape index (κ3) is 14.1. The van der Waals surface area contributed by atoms with Crippen molar-refractivity contribution in [2.75, 3.05) is 32.3 Å². The molecule has 3 aromatic carbocycles. The number of aliphatic hydroxyl groups is 5. The van der Waals surface area contributed by atoms with Crippen LogP contribution in [0.3, 0.4) is 0 Å². The van der Waals surface area contributed by atoms with Crippen LogP contribution in [-0.2, 0) is 64.5 Å². The second kappa shape index (κ2) is 28.4. The number of anilines is 2. The van der Waals surface area contributed by atoms with E-state index in [0.29, 0.717) is 76.3 Å². The molecule has 0 aliphatic carbocycles. The van der Waals surface area contributed by atoms with Crippen LogP contribution in [0.2, 0.25) is 20.2 Å². The van der Waals surface area contributed by atoms with E-state index in [0.717, 1.165) is 5.39 Å². The molecule has 510 valence electrons. The van der Waals surface area contributed by atoms with Gasteiger partial charge in [-0.1, -0.05) is 82.8 Å². The lowest BCUT2D eigenvalue weighted by Gasteiger charge is -2.34. The summed E-state index contributed by atoms with van der Waals surface area (Å²) in [4.78, 5) is 39.1. The third-order valence-electron chi connectivity index (χ3n) is 16.9. The highest BCUT2D eigenvalue weighted by Gasteiger charge is 2.62. The molecule has 0 radical (unpaired) electrons. The average molecular weight is 1420 g/mol. The zero-order chi connectivity index (χ0) is 67.4. The topological polar surface area (TPSA) is 336 Å².